The molecule has 0 unspecified atom stereocenters. The van der Waals surface area contributed by atoms with Gasteiger partial charge < -0.3 is 45.1 Å². The Labute approximate surface area is 263 Å². The van der Waals surface area contributed by atoms with E-state index in [1.54, 1.807) is 99.8 Å². The molecular formula is C33H41N5O7. The van der Waals surface area contributed by atoms with Crippen LogP contribution in [0.4, 0.5) is 26.7 Å². The van der Waals surface area contributed by atoms with Gasteiger partial charge >= 0.3 is 12.1 Å². The van der Waals surface area contributed by atoms with Gasteiger partial charge in [-0.25, -0.2) is 9.59 Å². The smallest absolute Gasteiger partial charge is 0.323 e. The molecule has 12 heteroatoms. The zero-order chi connectivity index (χ0) is 32.5. The lowest BCUT2D eigenvalue weighted by Gasteiger charge is -2.34. The van der Waals surface area contributed by atoms with E-state index in [1.165, 1.54) is 4.90 Å². The molecule has 4 rings (SSSR count). The summed E-state index contributed by atoms with van der Waals surface area (Å²) in [6.45, 7) is 4.09. The fraction of sp³-hybridized carbons (Fsp3) is 0.364. The van der Waals surface area contributed by atoms with Gasteiger partial charge in [-0.15, -0.1) is 0 Å². The molecule has 0 fully saturated rings. The fourth-order valence-corrected chi connectivity index (χ4v) is 4.94. The maximum absolute atomic E-state index is 13.5. The van der Waals surface area contributed by atoms with Crippen molar-refractivity contribution >= 4 is 35.0 Å². The number of carbonyl (C=O) groups is 3. The van der Waals surface area contributed by atoms with Crippen LogP contribution in [-0.2, 0) is 11.2 Å². The maximum atomic E-state index is 13.5. The van der Waals surface area contributed by atoms with Gasteiger partial charge in [-0.1, -0.05) is 6.92 Å². The number of fused-ring (bicyclic) bond motifs is 1. The van der Waals surface area contributed by atoms with Crippen molar-refractivity contribution in [2.75, 3.05) is 56.9 Å². The number of ether oxygens (including phenoxy) is 3. The average Bonchev–Trinajstić information content (AvgIpc) is 3.08. The highest BCUT2D eigenvalue weighted by molar-refractivity contribution is 6.00. The highest BCUT2D eigenvalue weighted by Gasteiger charge is 2.32. The van der Waals surface area contributed by atoms with Crippen molar-refractivity contribution in [3.05, 3.63) is 72.3 Å². The Kier molecular flexibility index (Phi) is 11.1. The maximum Gasteiger partial charge on any atom is 0.323 e. The van der Waals surface area contributed by atoms with E-state index in [9.17, 15) is 19.5 Å². The van der Waals surface area contributed by atoms with Gasteiger partial charge in [-0.3, -0.25) is 4.79 Å². The molecule has 0 aromatic heterocycles. The minimum atomic E-state index is -0.494. The van der Waals surface area contributed by atoms with Crippen molar-refractivity contribution in [2.45, 2.75) is 32.4 Å². The molecule has 3 atom stereocenters. The van der Waals surface area contributed by atoms with Gasteiger partial charge in [0, 0.05) is 42.1 Å². The Balaban J connectivity index is 1.53. The van der Waals surface area contributed by atoms with E-state index in [0.29, 0.717) is 46.4 Å². The first-order chi connectivity index (χ1) is 21.6. The topological polar surface area (TPSA) is 142 Å². The number of hydrogen-bond acceptors (Lipinski definition) is 7. The molecule has 1 aliphatic heterocycles. The number of carbonyl (C=O) groups excluding carboxylic acids is 3. The largest absolute Gasteiger partial charge is 0.497 e. The quantitative estimate of drug-likeness (QED) is 0.273. The van der Waals surface area contributed by atoms with Gasteiger partial charge in [0.25, 0.3) is 0 Å². The summed E-state index contributed by atoms with van der Waals surface area (Å²) >= 11 is 0. The van der Waals surface area contributed by atoms with Crippen LogP contribution in [0.3, 0.4) is 0 Å². The lowest BCUT2D eigenvalue weighted by atomic mass is 10.0. The number of aliphatic hydroxyl groups excluding tert-OH is 1. The number of amides is 5. The van der Waals surface area contributed by atoms with E-state index in [0.717, 1.165) is 0 Å². The molecule has 45 heavy (non-hydrogen) atoms. The first-order valence-corrected chi connectivity index (χ1v) is 14.7. The second-order valence-electron chi connectivity index (χ2n) is 11.1. The third kappa shape index (κ3) is 8.79. The highest BCUT2D eigenvalue weighted by Crippen LogP contribution is 2.29. The van der Waals surface area contributed by atoms with Crippen LogP contribution in [0.15, 0.2) is 66.7 Å². The fourth-order valence-electron chi connectivity index (χ4n) is 4.94. The number of methoxy groups -OCH3 is 2. The summed E-state index contributed by atoms with van der Waals surface area (Å²) in [5.41, 5.74) is 2.24. The van der Waals surface area contributed by atoms with Gasteiger partial charge in [0.05, 0.1) is 39.8 Å². The SMILES string of the molecule is COc1ccc(NC(=O)Nc2ccc3c(c2)CC(=O)N([C@@H](C)CO)C[C@H](C)[C@H](CN(C)C(=O)Nc2ccc(OC)cc2)O3)cc1. The third-order valence-corrected chi connectivity index (χ3v) is 7.66. The Morgan fingerprint density at radius 2 is 1.51 bits per heavy atom. The van der Waals surface area contributed by atoms with E-state index < -0.39 is 18.2 Å². The third-order valence-electron chi connectivity index (χ3n) is 7.66. The molecule has 5 amide bonds. The highest BCUT2D eigenvalue weighted by atomic mass is 16.5. The molecule has 1 heterocycles. The monoisotopic (exact) mass is 619 g/mol. The van der Waals surface area contributed by atoms with E-state index in [-0.39, 0.29) is 37.4 Å². The second-order valence-corrected chi connectivity index (χ2v) is 11.1. The predicted molar refractivity (Wildman–Crippen MR) is 172 cm³/mol. The summed E-state index contributed by atoms with van der Waals surface area (Å²) in [5, 5.41) is 18.4. The van der Waals surface area contributed by atoms with Gasteiger partial charge in [-0.2, -0.15) is 0 Å². The minimum Gasteiger partial charge on any atom is -0.497 e. The summed E-state index contributed by atoms with van der Waals surface area (Å²) in [5.74, 6) is 1.45. The standard InChI is InChI=1S/C33H41N5O7/c1-21-18-38(22(2)20-39)31(40)17-23-16-26(35-32(41)34-24-6-11-27(43-4)12-7-24)10-15-29(23)45-30(21)19-37(3)33(42)36-25-8-13-28(44-5)14-9-25/h6-16,21-22,30,39H,17-20H2,1-5H3,(H,36,42)(H2,34,35,41)/t21-,22-,30-/m0/s1. The van der Waals surface area contributed by atoms with Crippen LogP contribution >= 0.6 is 0 Å². The first-order valence-electron chi connectivity index (χ1n) is 14.7. The molecule has 3 aromatic rings. The number of hydrogen-bond donors (Lipinski definition) is 4. The molecule has 0 saturated heterocycles. The van der Waals surface area contributed by atoms with Crippen molar-refractivity contribution in [3.8, 4) is 17.2 Å². The number of likely N-dealkylation sites (N-methyl/N-ethyl adjacent to an activating group) is 1. The van der Waals surface area contributed by atoms with Crippen molar-refractivity contribution in [1.82, 2.24) is 9.80 Å². The van der Waals surface area contributed by atoms with Crippen molar-refractivity contribution in [3.63, 3.8) is 0 Å². The minimum absolute atomic E-state index is 0.00251. The van der Waals surface area contributed by atoms with Crippen LogP contribution < -0.4 is 30.2 Å². The zero-order valence-electron chi connectivity index (χ0n) is 26.2. The first kappa shape index (κ1) is 32.9. The predicted octanol–water partition coefficient (Wildman–Crippen LogP) is 4.66. The van der Waals surface area contributed by atoms with Crippen LogP contribution in [0.5, 0.6) is 17.2 Å². The molecule has 0 bridgehead atoms. The lowest BCUT2D eigenvalue weighted by molar-refractivity contribution is -0.134. The number of aliphatic hydroxyl groups is 1. The molecule has 240 valence electrons. The zero-order valence-corrected chi connectivity index (χ0v) is 26.2. The van der Waals surface area contributed by atoms with E-state index in [4.69, 9.17) is 14.2 Å². The number of rotatable bonds is 9. The van der Waals surface area contributed by atoms with Crippen LogP contribution in [0.2, 0.25) is 0 Å². The molecule has 1 aliphatic rings. The van der Waals surface area contributed by atoms with Gasteiger partial charge in [0.1, 0.15) is 23.4 Å². The normalized spacial score (nSPS) is 16.9. The number of nitrogens with zero attached hydrogens (tertiary/aromatic N) is 2. The summed E-state index contributed by atoms with van der Waals surface area (Å²) in [6.07, 6.45) is -0.491. The van der Waals surface area contributed by atoms with Crippen molar-refractivity contribution < 1.29 is 33.7 Å². The van der Waals surface area contributed by atoms with E-state index in [2.05, 4.69) is 16.0 Å². The summed E-state index contributed by atoms with van der Waals surface area (Å²) < 4.78 is 16.8. The van der Waals surface area contributed by atoms with E-state index in [1.807, 2.05) is 6.92 Å². The Morgan fingerprint density at radius 3 is 2.09 bits per heavy atom. The number of benzene rings is 3. The molecule has 12 nitrogen and oxygen atoms in total. The molecular weight excluding hydrogens is 578 g/mol. The summed E-state index contributed by atoms with van der Waals surface area (Å²) in [6, 6.07) is 17.9. The second kappa shape index (κ2) is 15.2. The summed E-state index contributed by atoms with van der Waals surface area (Å²) in [7, 11) is 4.82. The molecule has 3 aromatic carbocycles. The molecule has 0 aliphatic carbocycles. The van der Waals surface area contributed by atoms with Gasteiger partial charge in [0.2, 0.25) is 5.91 Å². The molecule has 0 spiro atoms. The Hall–Kier alpha value is -4.97. The molecule has 0 saturated carbocycles. The number of urea groups is 2. The average molecular weight is 620 g/mol. The van der Waals surface area contributed by atoms with E-state index >= 15 is 0 Å². The van der Waals surface area contributed by atoms with Crippen LogP contribution in [0.25, 0.3) is 0 Å². The lowest BCUT2D eigenvalue weighted by Crippen LogP contribution is -2.48. The van der Waals surface area contributed by atoms with Crippen LogP contribution in [0.1, 0.15) is 19.4 Å². The molecule has 0 radical (unpaired) electrons. The molecule has 4 N–H and O–H groups in total. The van der Waals surface area contributed by atoms with Gasteiger partial charge in [0.15, 0.2) is 0 Å². The van der Waals surface area contributed by atoms with Crippen LogP contribution in [-0.4, -0.2) is 86.0 Å². The van der Waals surface area contributed by atoms with Crippen molar-refractivity contribution in [2.24, 2.45) is 5.92 Å². The van der Waals surface area contributed by atoms with Gasteiger partial charge in [-0.05, 0) is 73.7 Å². The van der Waals surface area contributed by atoms with Crippen molar-refractivity contribution in [1.29, 1.82) is 0 Å². The van der Waals surface area contributed by atoms with Crippen LogP contribution in [0, 0.1) is 5.92 Å². The number of nitrogens with one attached hydrogen (secondary N) is 3. The Bertz CT molecular complexity index is 1470. The number of anilines is 3. The summed E-state index contributed by atoms with van der Waals surface area (Å²) in [4.78, 5) is 42.5. The Morgan fingerprint density at radius 1 is 0.956 bits per heavy atom.